The zero-order valence-electron chi connectivity index (χ0n) is 15.7. The molecule has 0 unspecified atom stereocenters. The second-order valence-electron chi connectivity index (χ2n) is 7.19. The van der Waals surface area contributed by atoms with Crippen LogP contribution in [-0.2, 0) is 9.53 Å². The van der Waals surface area contributed by atoms with Gasteiger partial charge < -0.3 is 10.5 Å². The molecule has 2 atom stereocenters. The molecule has 0 radical (unpaired) electrons. The van der Waals surface area contributed by atoms with Crippen LogP contribution in [-0.4, -0.2) is 10.7 Å². The molecule has 0 fully saturated rings. The van der Waals surface area contributed by atoms with Gasteiger partial charge in [-0.3, -0.25) is 14.9 Å². The molecule has 0 spiro atoms. The Kier molecular flexibility index (Phi) is 4.80. The lowest BCUT2D eigenvalue weighted by Crippen LogP contribution is -2.29. The first-order valence-electron chi connectivity index (χ1n) is 9.22. The number of ether oxygens (including phenoxy) is 1. The fraction of sp³-hybridized carbons (Fsp3) is 0.182. The van der Waals surface area contributed by atoms with Crippen LogP contribution >= 0.6 is 0 Å². The van der Waals surface area contributed by atoms with Crippen molar-refractivity contribution in [3.8, 4) is 6.07 Å². The lowest BCUT2D eigenvalue weighted by atomic mass is 9.73. The summed E-state index contributed by atoms with van der Waals surface area (Å²) in [7, 11) is 0. The summed E-state index contributed by atoms with van der Waals surface area (Å²) in [5.41, 5.74) is 7.38. The van der Waals surface area contributed by atoms with Crippen molar-refractivity contribution in [2.75, 3.05) is 0 Å². The molecule has 0 saturated heterocycles. The van der Waals surface area contributed by atoms with Crippen molar-refractivity contribution in [3.05, 3.63) is 98.4 Å². The molecule has 2 aromatic rings. The predicted molar refractivity (Wildman–Crippen MR) is 104 cm³/mol. The van der Waals surface area contributed by atoms with Gasteiger partial charge in [0.15, 0.2) is 5.78 Å². The maximum Gasteiger partial charge on any atom is 0.269 e. The van der Waals surface area contributed by atoms with Gasteiger partial charge in [-0.2, -0.15) is 5.26 Å². The van der Waals surface area contributed by atoms with Crippen LogP contribution in [0, 0.1) is 27.3 Å². The number of nitrogens with zero attached hydrogens (tertiary/aromatic N) is 2. The Morgan fingerprint density at radius 3 is 2.57 bits per heavy atom. The Hall–Kier alpha value is -3.99. The Balaban J connectivity index is 1.79. The number of hydrogen-bond acceptors (Lipinski definition) is 6. The van der Waals surface area contributed by atoms with Gasteiger partial charge in [-0.25, -0.2) is 4.39 Å². The summed E-state index contributed by atoms with van der Waals surface area (Å²) in [6.45, 7) is 0. The molecule has 1 heterocycles. The minimum Gasteiger partial charge on any atom is -0.444 e. The highest BCUT2D eigenvalue weighted by molar-refractivity contribution is 6.00. The normalized spacial score (nSPS) is 21.0. The van der Waals surface area contributed by atoms with E-state index in [1.165, 1.54) is 30.3 Å². The van der Waals surface area contributed by atoms with E-state index in [4.69, 9.17) is 10.5 Å². The number of non-ortho nitro benzene ring substituents is 1. The quantitative estimate of drug-likeness (QED) is 0.610. The highest BCUT2D eigenvalue weighted by Crippen LogP contribution is 2.47. The molecule has 2 aliphatic rings. The van der Waals surface area contributed by atoms with E-state index >= 15 is 0 Å². The molecule has 0 amide bonds. The van der Waals surface area contributed by atoms with Gasteiger partial charge >= 0.3 is 0 Å². The summed E-state index contributed by atoms with van der Waals surface area (Å²) in [6.07, 6.45) is 0.495. The highest BCUT2D eigenvalue weighted by Gasteiger charge is 2.41. The second-order valence-corrected chi connectivity index (χ2v) is 7.19. The third kappa shape index (κ3) is 3.31. The van der Waals surface area contributed by atoms with Crippen molar-refractivity contribution in [1.82, 2.24) is 0 Å². The van der Waals surface area contributed by atoms with Crippen molar-refractivity contribution < 1.29 is 18.8 Å². The number of carbonyl (C=O) groups excluding carboxylic acids is 1. The van der Waals surface area contributed by atoms with Crippen LogP contribution in [0.1, 0.15) is 35.8 Å². The van der Waals surface area contributed by atoms with E-state index in [0.29, 0.717) is 23.3 Å². The average Bonchev–Trinajstić information content (AvgIpc) is 2.73. The van der Waals surface area contributed by atoms with E-state index < -0.39 is 10.8 Å². The number of allylic oxidation sites excluding steroid dienone is 3. The third-order valence-corrected chi connectivity index (χ3v) is 5.42. The van der Waals surface area contributed by atoms with E-state index in [0.717, 1.165) is 5.56 Å². The first-order chi connectivity index (χ1) is 14.4. The van der Waals surface area contributed by atoms with E-state index in [1.807, 2.05) is 6.07 Å². The SMILES string of the molecule is N#CC1=C(N)OC2=C(C(=O)C[C@@H](c3ccc(F)cc3)C2)[C@@H]1c1cccc([N+](=O)[O-])c1. The van der Waals surface area contributed by atoms with Crippen LogP contribution in [0.15, 0.2) is 71.3 Å². The van der Waals surface area contributed by atoms with Gasteiger partial charge in [0.05, 0.1) is 10.8 Å². The summed E-state index contributed by atoms with van der Waals surface area (Å²) in [5, 5.41) is 20.8. The number of benzene rings is 2. The van der Waals surface area contributed by atoms with Crippen LogP contribution < -0.4 is 5.73 Å². The van der Waals surface area contributed by atoms with E-state index in [1.54, 1.807) is 18.2 Å². The fourth-order valence-electron chi connectivity index (χ4n) is 4.03. The molecule has 150 valence electrons. The zero-order valence-corrected chi connectivity index (χ0v) is 15.7. The fourth-order valence-corrected chi connectivity index (χ4v) is 4.03. The number of nitriles is 1. The van der Waals surface area contributed by atoms with Crippen LogP contribution in [0.2, 0.25) is 0 Å². The van der Waals surface area contributed by atoms with Crippen molar-refractivity contribution in [2.45, 2.75) is 24.7 Å². The van der Waals surface area contributed by atoms with Gasteiger partial charge in [-0.1, -0.05) is 24.3 Å². The molecule has 30 heavy (non-hydrogen) atoms. The van der Waals surface area contributed by atoms with Gasteiger partial charge in [-0.15, -0.1) is 0 Å². The smallest absolute Gasteiger partial charge is 0.269 e. The minimum absolute atomic E-state index is 0.0443. The Morgan fingerprint density at radius 2 is 1.90 bits per heavy atom. The largest absolute Gasteiger partial charge is 0.444 e. The van der Waals surface area contributed by atoms with E-state index in [9.17, 15) is 24.6 Å². The lowest BCUT2D eigenvalue weighted by molar-refractivity contribution is -0.384. The first-order valence-corrected chi connectivity index (χ1v) is 9.22. The average molecular weight is 405 g/mol. The molecule has 0 saturated carbocycles. The molecule has 1 aliphatic heterocycles. The number of nitro benzene ring substituents is 1. The number of carbonyl (C=O) groups is 1. The summed E-state index contributed by atoms with van der Waals surface area (Å²) in [5.74, 6) is -1.44. The number of Topliss-reactive ketones (excluding diaryl/α,β-unsaturated/α-hetero) is 1. The number of hydrogen-bond donors (Lipinski definition) is 1. The molecular weight excluding hydrogens is 389 g/mol. The molecular formula is C22H16FN3O4. The van der Waals surface area contributed by atoms with Crippen LogP contribution in [0.25, 0.3) is 0 Å². The maximum atomic E-state index is 13.3. The van der Waals surface area contributed by atoms with Crippen LogP contribution in [0.3, 0.4) is 0 Å². The van der Waals surface area contributed by atoms with Gasteiger partial charge in [0, 0.05) is 30.5 Å². The number of nitro groups is 1. The predicted octanol–water partition coefficient (Wildman–Crippen LogP) is 3.94. The topological polar surface area (TPSA) is 119 Å². The van der Waals surface area contributed by atoms with Gasteiger partial charge in [0.25, 0.3) is 5.69 Å². The van der Waals surface area contributed by atoms with Crippen LogP contribution in [0.4, 0.5) is 10.1 Å². The molecule has 0 bridgehead atoms. The highest BCUT2D eigenvalue weighted by atomic mass is 19.1. The first kappa shape index (κ1) is 19.3. The Morgan fingerprint density at radius 1 is 1.17 bits per heavy atom. The van der Waals surface area contributed by atoms with Gasteiger partial charge in [0.2, 0.25) is 5.88 Å². The molecule has 7 nitrogen and oxygen atoms in total. The number of rotatable bonds is 3. The molecule has 4 rings (SSSR count). The number of halogens is 1. The molecule has 2 N–H and O–H groups in total. The van der Waals surface area contributed by atoms with Crippen LogP contribution in [0.5, 0.6) is 0 Å². The van der Waals surface area contributed by atoms with Crippen molar-refractivity contribution in [1.29, 1.82) is 5.26 Å². The summed E-state index contributed by atoms with van der Waals surface area (Å²) >= 11 is 0. The zero-order chi connectivity index (χ0) is 21.4. The molecule has 0 aromatic heterocycles. The van der Waals surface area contributed by atoms with Gasteiger partial charge in [-0.05, 0) is 29.2 Å². The molecule has 8 heteroatoms. The second kappa shape index (κ2) is 7.44. The van der Waals surface area contributed by atoms with Crippen molar-refractivity contribution >= 4 is 11.5 Å². The molecule has 2 aromatic carbocycles. The summed E-state index contributed by atoms with van der Waals surface area (Å²) in [4.78, 5) is 23.8. The molecule has 1 aliphatic carbocycles. The van der Waals surface area contributed by atoms with Gasteiger partial charge in [0.1, 0.15) is 23.2 Å². The summed E-state index contributed by atoms with van der Waals surface area (Å²) < 4.78 is 18.9. The Bertz CT molecular complexity index is 1160. The number of ketones is 1. The van der Waals surface area contributed by atoms with Crippen molar-refractivity contribution in [3.63, 3.8) is 0 Å². The monoisotopic (exact) mass is 405 g/mol. The maximum absolute atomic E-state index is 13.3. The standard InChI is InChI=1S/C22H16FN3O4/c23-15-6-4-12(5-7-15)14-9-18(27)21-19(10-14)30-22(25)17(11-24)20(21)13-2-1-3-16(8-13)26(28)29/h1-8,14,20H,9-10,25H2/t14-,20-/m1/s1. The Labute approximate surface area is 171 Å². The summed E-state index contributed by atoms with van der Waals surface area (Å²) in [6, 6.07) is 13.7. The van der Waals surface area contributed by atoms with E-state index in [2.05, 4.69) is 0 Å². The lowest BCUT2D eigenvalue weighted by Gasteiger charge is -2.34. The minimum atomic E-state index is -0.833. The third-order valence-electron chi connectivity index (χ3n) is 5.42. The number of nitrogens with two attached hydrogens (primary N) is 1. The van der Waals surface area contributed by atoms with Crippen molar-refractivity contribution in [2.24, 2.45) is 5.73 Å². The van der Waals surface area contributed by atoms with E-state index in [-0.39, 0.29) is 41.1 Å².